The number of halogens is 1. The third kappa shape index (κ3) is 6.22. The molecule has 1 saturated heterocycles. The number of alkyl carbamates (subject to hydrolysis) is 1. The number of nitrogens with zero attached hydrogens (tertiary/aromatic N) is 1. The minimum absolute atomic E-state index is 0.0625. The van der Waals surface area contributed by atoms with E-state index < -0.39 is 30.2 Å². The van der Waals surface area contributed by atoms with E-state index in [1.54, 1.807) is 12.1 Å². The summed E-state index contributed by atoms with van der Waals surface area (Å²) in [5.74, 6) is -0.425. The van der Waals surface area contributed by atoms with Crippen molar-refractivity contribution in [2.45, 2.75) is 51.9 Å². The van der Waals surface area contributed by atoms with Crippen LogP contribution in [0.3, 0.4) is 0 Å². The SMILES string of the molecule is CC1(C)OB(C(=Cc2cc(F)ccc2CC#N)CNC(=O)OCc2ccccc2)OC1(C)C. The highest BCUT2D eigenvalue weighted by atomic mass is 19.1. The summed E-state index contributed by atoms with van der Waals surface area (Å²) < 4.78 is 31.6. The van der Waals surface area contributed by atoms with Gasteiger partial charge >= 0.3 is 13.2 Å². The Morgan fingerprint density at radius 1 is 1.15 bits per heavy atom. The van der Waals surface area contributed by atoms with Crippen LogP contribution in [0.5, 0.6) is 0 Å². The quantitative estimate of drug-likeness (QED) is 0.611. The van der Waals surface area contributed by atoms with Crippen molar-refractivity contribution in [3.05, 3.63) is 76.5 Å². The van der Waals surface area contributed by atoms with Crippen molar-refractivity contribution in [3.8, 4) is 6.07 Å². The first-order valence-electron chi connectivity index (χ1n) is 10.8. The molecule has 172 valence electrons. The van der Waals surface area contributed by atoms with Crippen LogP contribution in [0.2, 0.25) is 0 Å². The molecule has 1 fully saturated rings. The molecule has 6 nitrogen and oxygen atoms in total. The van der Waals surface area contributed by atoms with E-state index in [0.717, 1.165) is 5.56 Å². The van der Waals surface area contributed by atoms with Gasteiger partial charge in [0.05, 0.1) is 23.7 Å². The summed E-state index contributed by atoms with van der Waals surface area (Å²) >= 11 is 0. The largest absolute Gasteiger partial charge is 0.492 e. The van der Waals surface area contributed by atoms with Gasteiger partial charge in [-0.15, -0.1) is 0 Å². The number of nitriles is 1. The maximum Gasteiger partial charge on any atom is 0.492 e. The third-order valence-corrected chi connectivity index (χ3v) is 5.92. The van der Waals surface area contributed by atoms with Gasteiger partial charge in [-0.3, -0.25) is 0 Å². The number of carbonyl (C=O) groups is 1. The van der Waals surface area contributed by atoms with Crippen molar-refractivity contribution in [3.63, 3.8) is 0 Å². The molecule has 2 aromatic rings. The Balaban J connectivity index is 1.81. The Labute approximate surface area is 194 Å². The number of rotatable bonds is 7. The smallest absolute Gasteiger partial charge is 0.445 e. The first kappa shape index (κ1) is 24.5. The lowest BCUT2D eigenvalue weighted by molar-refractivity contribution is 0.00578. The summed E-state index contributed by atoms with van der Waals surface area (Å²) in [6, 6.07) is 15.7. The Bertz CT molecular complexity index is 1050. The monoisotopic (exact) mass is 450 g/mol. The van der Waals surface area contributed by atoms with Gasteiger partial charge < -0.3 is 19.4 Å². The Morgan fingerprint density at radius 2 is 1.82 bits per heavy atom. The molecule has 0 unspecified atom stereocenters. The van der Waals surface area contributed by atoms with Gasteiger partial charge in [0.1, 0.15) is 12.4 Å². The summed E-state index contributed by atoms with van der Waals surface area (Å²) in [5.41, 5.74) is 1.45. The fourth-order valence-corrected chi connectivity index (χ4v) is 3.29. The molecule has 1 amide bonds. The predicted octanol–water partition coefficient (Wildman–Crippen LogP) is 4.83. The highest BCUT2D eigenvalue weighted by Crippen LogP contribution is 2.38. The second kappa shape index (κ2) is 10.2. The average molecular weight is 450 g/mol. The van der Waals surface area contributed by atoms with E-state index >= 15 is 0 Å². The molecule has 3 rings (SSSR count). The summed E-state index contributed by atoms with van der Waals surface area (Å²) in [4.78, 5) is 12.3. The van der Waals surface area contributed by atoms with Crippen LogP contribution in [0.1, 0.15) is 44.4 Å². The summed E-state index contributed by atoms with van der Waals surface area (Å²) in [5, 5.41) is 11.9. The molecule has 1 N–H and O–H groups in total. The normalized spacial score (nSPS) is 16.8. The van der Waals surface area contributed by atoms with E-state index in [1.165, 1.54) is 12.1 Å². The highest BCUT2D eigenvalue weighted by Gasteiger charge is 2.52. The molecular formula is C25H28BFN2O4. The molecule has 0 aromatic heterocycles. The van der Waals surface area contributed by atoms with E-state index in [9.17, 15) is 9.18 Å². The van der Waals surface area contributed by atoms with Crippen LogP contribution in [0.25, 0.3) is 6.08 Å². The number of hydrogen-bond donors (Lipinski definition) is 1. The Hall–Kier alpha value is -3.15. The van der Waals surface area contributed by atoms with Gasteiger partial charge in [-0.05, 0) is 62.0 Å². The van der Waals surface area contributed by atoms with Gasteiger partial charge in [0.15, 0.2) is 0 Å². The molecule has 1 aliphatic rings. The molecule has 1 heterocycles. The molecule has 2 aromatic carbocycles. The number of benzene rings is 2. The third-order valence-electron chi connectivity index (χ3n) is 5.92. The molecule has 0 bridgehead atoms. The molecule has 1 aliphatic heterocycles. The summed E-state index contributed by atoms with van der Waals surface area (Å²) in [6.45, 7) is 7.90. The maximum absolute atomic E-state index is 14.0. The zero-order valence-electron chi connectivity index (χ0n) is 19.4. The predicted molar refractivity (Wildman–Crippen MR) is 124 cm³/mol. The minimum Gasteiger partial charge on any atom is -0.445 e. The van der Waals surface area contributed by atoms with Crippen LogP contribution in [-0.4, -0.2) is 31.0 Å². The second-order valence-corrected chi connectivity index (χ2v) is 8.90. The fourth-order valence-electron chi connectivity index (χ4n) is 3.29. The molecule has 33 heavy (non-hydrogen) atoms. The van der Waals surface area contributed by atoms with Crippen molar-refractivity contribution in [1.29, 1.82) is 5.26 Å². The molecule has 8 heteroatoms. The van der Waals surface area contributed by atoms with E-state index in [4.69, 9.17) is 19.3 Å². The van der Waals surface area contributed by atoms with Gasteiger partial charge in [-0.25, -0.2) is 9.18 Å². The van der Waals surface area contributed by atoms with E-state index in [-0.39, 0.29) is 19.6 Å². The Kier molecular flexibility index (Phi) is 7.57. The maximum atomic E-state index is 14.0. The van der Waals surface area contributed by atoms with Crippen molar-refractivity contribution in [2.24, 2.45) is 0 Å². The summed E-state index contributed by atoms with van der Waals surface area (Å²) in [7, 11) is -0.761. The molecule has 0 saturated carbocycles. The second-order valence-electron chi connectivity index (χ2n) is 8.90. The van der Waals surface area contributed by atoms with Crippen molar-refractivity contribution >= 4 is 19.3 Å². The van der Waals surface area contributed by atoms with E-state index in [2.05, 4.69) is 11.4 Å². The zero-order valence-corrected chi connectivity index (χ0v) is 19.4. The number of amides is 1. The average Bonchev–Trinajstić information content (AvgIpc) is 2.99. The molecular weight excluding hydrogens is 422 g/mol. The van der Waals surface area contributed by atoms with Gasteiger partial charge in [0, 0.05) is 6.54 Å². The number of hydrogen-bond acceptors (Lipinski definition) is 5. The zero-order chi connectivity index (χ0) is 24.1. The van der Waals surface area contributed by atoms with Crippen LogP contribution in [0.4, 0.5) is 9.18 Å². The van der Waals surface area contributed by atoms with Crippen LogP contribution in [-0.2, 0) is 27.1 Å². The van der Waals surface area contributed by atoms with E-state index in [0.29, 0.717) is 16.6 Å². The molecule has 0 aliphatic carbocycles. The fraction of sp³-hybridized carbons (Fsp3) is 0.360. The molecule has 0 radical (unpaired) electrons. The topological polar surface area (TPSA) is 80.6 Å². The van der Waals surface area contributed by atoms with Crippen molar-refractivity contribution in [2.75, 3.05) is 6.54 Å². The van der Waals surface area contributed by atoms with Gasteiger partial charge in [-0.1, -0.05) is 42.5 Å². The number of nitrogens with one attached hydrogen (secondary N) is 1. The van der Waals surface area contributed by atoms with Crippen LogP contribution in [0.15, 0.2) is 54.0 Å². The lowest BCUT2D eigenvalue weighted by atomic mass is 9.76. The highest BCUT2D eigenvalue weighted by molar-refractivity contribution is 6.56. The number of carbonyl (C=O) groups excluding carboxylic acids is 1. The molecule has 0 atom stereocenters. The van der Waals surface area contributed by atoms with Gasteiger partial charge in [0.25, 0.3) is 0 Å². The van der Waals surface area contributed by atoms with Gasteiger partial charge in [0.2, 0.25) is 0 Å². The lowest BCUT2D eigenvalue weighted by Crippen LogP contribution is -2.41. The summed E-state index contributed by atoms with van der Waals surface area (Å²) in [6.07, 6.45) is 1.22. The standard InChI is InChI=1S/C25H28BFN2O4/c1-24(2)25(3,4)33-26(32-24)21(14-20-15-22(27)11-10-19(20)12-13-28)16-29-23(30)31-17-18-8-6-5-7-9-18/h5-11,14-15H,12,16-17H2,1-4H3,(H,29,30). The van der Waals surface area contributed by atoms with Crippen LogP contribution < -0.4 is 5.32 Å². The molecule has 0 spiro atoms. The van der Waals surface area contributed by atoms with Crippen molar-refractivity contribution < 1.29 is 23.2 Å². The first-order chi connectivity index (χ1) is 15.6. The lowest BCUT2D eigenvalue weighted by Gasteiger charge is -2.32. The van der Waals surface area contributed by atoms with E-state index in [1.807, 2.05) is 58.0 Å². The van der Waals surface area contributed by atoms with Crippen molar-refractivity contribution in [1.82, 2.24) is 5.32 Å². The van der Waals surface area contributed by atoms with Crippen LogP contribution in [0, 0.1) is 17.1 Å². The number of ether oxygens (including phenoxy) is 1. The first-order valence-corrected chi connectivity index (χ1v) is 10.8. The van der Waals surface area contributed by atoms with Crippen LogP contribution >= 0.6 is 0 Å². The minimum atomic E-state index is -0.761. The van der Waals surface area contributed by atoms with Gasteiger partial charge in [-0.2, -0.15) is 5.26 Å². The Morgan fingerprint density at radius 3 is 2.45 bits per heavy atom.